The quantitative estimate of drug-likeness (QED) is 0.808. The normalized spacial score (nSPS) is 12.8. The summed E-state index contributed by atoms with van der Waals surface area (Å²) in [6, 6.07) is 3.28. The molecule has 96 valence electrons. The van der Waals surface area contributed by atoms with Gasteiger partial charge in [-0.1, -0.05) is 13.0 Å². The smallest absolute Gasteiger partial charge is 0.395 e. The summed E-state index contributed by atoms with van der Waals surface area (Å²) in [4.78, 5) is 0. The molecular formula is C11H11F5O. The molecule has 1 rings (SSSR count). The van der Waals surface area contributed by atoms with Gasteiger partial charge >= 0.3 is 6.18 Å². The van der Waals surface area contributed by atoms with Gasteiger partial charge in [-0.15, -0.1) is 0 Å². The Kier molecular flexibility index (Phi) is 3.64. The van der Waals surface area contributed by atoms with Crippen molar-refractivity contribution in [3.63, 3.8) is 0 Å². The van der Waals surface area contributed by atoms with Gasteiger partial charge < -0.3 is 5.11 Å². The number of aromatic hydroxyl groups is 1. The van der Waals surface area contributed by atoms with Gasteiger partial charge in [0.25, 0.3) is 5.92 Å². The largest absolute Gasteiger partial charge is 0.507 e. The van der Waals surface area contributed by atoms with Crippen molar-refractivity contribution in [3.05, 3.63) is 29.3 Å². The van der Waals surface area contributed by atoms with Crippen LogP contribution in [0.15, 0.2) is 18.2 Å². The molecule has 0 saturated carbocycles. The number of aryl methyl sites for hydroxylation is 1. The molecular weight excluding hydrogens is 243 g/mol. The minimum Gasteiger partial charge on any atom is -0.507 e. The molecule has 0 atom stereocenters. The zero-order chi connectivity index (χ0) is 13.3. The summed E-state index contributed by atoms with van der Waals surface area (Å²) in [6.45, 7) is 1.68. The first-order valence-electron chi connectivity index (χ1n) is 4.92. The van der Waals surface area contributed by atoms with Gasteiger partial charge in [0, 0.05) is 0 Å². The van der Waals surface area contributed by atoms with Crippen LogP contribution in [0.4, 0.5) is 22.0 Å². The summed E-state index contributed by atoms with van der Waals surface area (Å²) in [5.41, 5.74) is -0.533. The summed E-state index contributed by atoms with van der Waals surface area (Å²) in [5.74, 6) is -4.94. The predicted molar refractivity (Wildman–Crippen MR) is 52.1 cm³/mol. The monoisotopic (exact) mass is 254 g/mol. The maximum Gasteiger partial charge on any atom is 0.395 e. The third-order valence-corrected chi connectivity index (χ3v) is 2.29. The molecule has 1 aromatic rings. The van der Waals surface area contributed by atoms with Crippen molar-refractivity contribution in [3.8, 4) is 5.75 Å². The standard InChI is InChI=1S/C11H11F5O/c1-2-7-3-4-9(17)8(5-7)10(12,13)6-11(14,15)16/h3-5,17H,2,6H2,1H3. The van der Waals surface area contributed by atoms with Crippen molar-refractivity contribution in [2.24, 2.45) is 0 Å². The molecule has 0 bridgehead atoms. The fraction of sp³-hybridized carbons (Fsp3) is 0.455. The molecule has 1 aromatic carbocycles. The van der Waals surface area contributed by atoms with Crippen LogP contribution in [-0.2, 0) is 12.3 Å². The molecule has 0 aliphatic heterocycles. The van der Waals surface area contributed by atoms with Crippen LogP contribution in [-0.4, -0.2) is 11.3 Å². The highest BCUT2D eigenvalue weighted by Gasteiger charge is 2.46. The van der Waals surface area contributed by atoms with Gasteiger partial charge in [-0.2, -0.15) is 13.2 Å². The van der Waals surface area contributed by atoms with Crippen LogP contribution in [0.5, 0.6) is 5.75 Å². The summed E-state index contributed by atoms with van der Waals surface area (Å²) >= 11 is 0. The molecule has 0 aliphatic carbocycles. The van der Waals surface area contributed by atoms with Crippen LogP contribution in [0.25, 0.3) is 0 Å². The molecule has 0 amide bonds. The van der Waals surface area contributed by atoms with Crippen molar-refractivity contribution in [1.82, 2.24) is 0 Å². The fourth-order valence-corrected chi connectivity index (χ4v) is 1.44. The number of halogens is 5. The van der Waals surface area contributed by atoms with E-state index in [-0.39, 0.29) is 0 Å². The summed E-state index contributed by atoms with van der Waals surface area (Å²) in [7, 11) is 0. The average molecular weight is 254 g/mol. The number of phenolic OH excluding ortho intramolecular Hbond substituents is 1. The number of benzene rings is 1. The van der Waals surface area contributed by atoms with Crippen molar-refractivity contribution < 1.29 is 27.1 Å². The van der Waals surface area contributed by atoms with Gasteiger partial charge in [0.2, 0.25) is 0 Å². The number of rotatable bonds is 3. The highest BCUT2D eigenvalue weighted by atomic mass is 19.4. The van der Waals surface area contributed by atoms with E-state index in [1.807, 2.05) is 0 Å². The predicted octanol–water partition coefficient (Wildman–Crippen LogP) is 4.00. The lowest BCUT2D eigenvalue weighted by Crippen LogP contribution is -2.23. The molecule has 0 aliphatic rings. The van der Waals surface area contributed by atoms with Crippen molar-refractivity contribution in [1.29, 1.82) is 0 Å². The first kappa shape index (κ1) is 13.7. The van der Waals surface area contributed by atoms with E-state index in [1.54, 1.807) is 6.92 Å². The second-order valence-corrected chi connectivity index (χ2v) is 3.70. The van der Waals surface area contributed by atoms with Gasteiger partial charge in [-0.3, -0.25) is 0 Å². The van der Waals surface area contributed by atoms with E-state index in [1.165, 1.54) is 6.07 Å². The summed E-state index contributed by atoms with van der Waals surface area (Å²) < 4.78 is 62.7. The molecule has 0 heterocycles. The fourth-order valence-electron chi connectivity index (χ4n) is 1.44. The summed E-state index contributed by atoms with van der Waals surface area (Å²) in [6.07, 6.45) is -6.87. The Labute approximate surface area is 94.9 Å². The van der Waals surface area contributed by atoms with Gasteiger partial charge in [-0.05, 0) is 24.1 Å². The topological polar surface area (TPSA) is 20.2 Å². The van der Waals surface area contributed by atoms with Crippen LogP contribution in [0.1, 0.15) is 24.5 Å². The Balaban J connectivity index is 3.13. The Morgan fingerprint density at radius 1 is 1.12 bits per heavy atom. The van der Waals surface area contributed by atoms with E-state index in [0.717, 1.165) is 12.1 Å². The molecule has 0 fully saturated rings. The van der Waals surface area contributed by atoms with Crippen LogP contribution in [0.3, 0.4) is 0 Å². The second kappa shape index (κ2) is 4.50. The Bertz CT molecular complexity index is 397. The Morgan fingerprint density at radius 2 is 1.71 bits per heavy atom. The Hall–Kier alpha value is -1.33. The van der Waals surface area contributed by atoms with E-state index in [0.29, 0.717) is 12.0 Å². The molecule has 0 unspecified atom stereocenters. The molecule has 0 radical (unpaired) electrons. The lowest BCUT2D eigenvalue weighted by molar-refractivity contribution is -0.191. The minimum atomic E-state index is -4.99. The Morgan fingerprint density at radius 3 is 2.18 bits per heavy atom. The van der Waals surface area contributed by atoms with Crippen LogP contribution in [0, 0.1) is 0 Å². The third kappa shape index (κ3) is 3.57. The SMILES string of the molecule is CCc1ccc(O)c(C(F)(F)CC(F)(F)F)c1. The molecule has 1 nitrogen and oxygen atoms in total. The molecule has 6 heteroatoms. The van der Waals surface area contributed by atoms with Crippen molar-refractivity contribution >= 4 is 0 Å². The minimum absolute atomic E-state index is 0.398. The number of alkyl halides is 5. The van der Waals surface area contributed by atoms with Gasteiger partial charge in [0.15, 0.2) is 0 Å². The first-order valence-corrected chi connectivity index (χ1v) is 4.92. The maximum absolute atomic E-state index is 13.3. The highest BCUT2D eigenvalue weighted by Crippen LogP contribution is 2.42. The second-order valence-electron chi connectivity index (χ2n) is 3.70. The summed E-state index contributed by atoms with van der Waals surface area (Å²) in [5, 5.41) is 9.22. The zero-order valence-electron chi connectivity index (χ0n) is 8.98. The molecule has 0 saturated heterocycles. The third-order valence-electron chi connectivity index (χ3n) is 2.29. The number of hydrogen-bond donors (Lipinski definition) is 1. The average Bonchev–Trinajstić information content (AvgIpc) is 2.14. The molecule has 0 spiro atoms. The number of phenols is 1. The first-order chi connectivity index (χ1) is 7.65. The molecule has 17 heavy (non-hydrogen) atoms. The highest BCUT2D eigenvalue weighted by molar-refractivity contribution is 5.39. The van der Waals surface area contributed by atoms with Crippen LogP contribution in [0.2, 0.25) is 0 Å². The van der Waals surface area contributed by atoms with Gasteiger partial charge in [-0.25, -0.2) is 8.78 Å². The van der Waals surface area contributed by atoms with E-state index < -0.39 is 29.8 Å². The molecule has 0 aromatic heterocycles. The van der Waals surface area contributed by atoms with Gasteiger partial charge in [0.1, 0.15) is 12.2 Å². The lowest BCUT2D eigenvalue weighted by atomic mass is 10.0. The molecule has 1 N–H and O–H groups in total. The van der Waals surface area contributed by atoms with E-state index in [4.69, 9.17) is 0 Å². The van der Waals surface area contributed by atoms with E-state index >= 15 is 0 Å². The zero-order valence-corrected chi connectivity index (χ0v) is 8.98. The van der Waals surface area contributed by atoms with Crippen LogP contribution >= 0.6 is 0 Å². The number of hydrogen-bond acceptors (Lipinski definition) is 1. The van der Waals surface area contributed by atoms with E-state index in [9.17, 15) is 27.1 Å². The van der Waals surface area contributed by atoms with Crippen LogP contribution < -0.4 is 0 Å². The maximum atomic E-state index is 13.3. The lowest BCUT2D eigenvalue weighted by Gasteiger charge is -2.20. The van der Waals surface area contributed by atoms with E-state index in [2.05, 4.69) is 0 Å². The van der Waals surface area contributed by atoms with Crippen molar-refractivity contribution in [2.75, 3.05) is 0 Å². The van der Waals surface area contributed by atoms with Crippen molar-refractivity contribution in [2.45, 2.75) is 31.9 Å². The van der Waals surface area contributed by atoms with Gasteiger partial charge in [0.05, 0.1) is 5.56 Å².